The average Bonchev–Trinajstić information content (AvgIpc) is 1.63. The van der Waals surface area contributed by atoms with Gasteiger partial charge in [-0.25, -0.2) is 0 Å². The summed E-state index contributed by atoms with van der Waals surface area (Å²) in [5.74, 6) is 0. The highest BCUT2D eigenvalue weighted by Crippen LogP contribution is 2.06. The molecule has 0 aliphatic heterocycles. The van der Waals surface area contributed by atoms with Gasteiger partial charge in [-0.1, -0.05) is 30.8 Å². The molecule has 0 aromatic carbocycles. The molecule has 0 radical (unpaired) electrons. The van der Waals surface area contributed by atoms with Crippen molar-refractivity contribution in [1.82, 2.24) is 0 Å². The average molecular weight is 143 g/mol. The molecule has 9 heavy (non-hydrogen) atoms. The van der Waals surface area contributed by atoms with Gasteiger partial charge in [-0.2, -0.15) is 0 Å². The van der Waals surface area contributed by atoms with E-state index in [1.165, 1.54) is 0 Å². The van der Waals surface area contributed by atoms with Crippen molar-refractivity contribution in [3.63, 3.8) is 0 Å². The van der Waals surface area contributed by atoms with Crippen LogP contribution in [0.4, 0.5) is 0 Å². The molecule has 0 amide bonds. The van der Waals surface area contributed by atoms with Crippen LogP contribution in [0.2, 0.25) is 25.7 Å². The molecule has 0 rings (SSSR count). The quantitative estimate of drug-likeness (QED) is 0.252. The Hall–Kier alpha value is -0.473. The van der Waals surface area contributed by atoms with Gasteiger partial charge < -0.3 is 0 Å². The van der Waals surface area contributed by atoms with Crippen LogP contribution in [0.1, 0.15) is 0 Å². The minimum absolute atomic E-state index is 0.673. The summed E-state index contributed by atoms with van der Waals surface area (Å²) in [7, 11) is -0.959. The van der Waals surface area contributed by atoms with E-state index in [4.69, 9.17) is 5.53 Å². The number of nitrogens with zero attached hydrogens (tertiary/aromatic N) is 3. The third-order valence-corrected chi connectivity index (χ3v) is 2.75. The number of hydrogen-bond donors (Lipinski definition) is 0. The van der Waals surface area contributed by atoms with E-state index in [0.717, 1.165) is 6.04 Å². The van der Waals surface area contributed by atoms with Gasteiger partial charge in [0, 0.05) is 19.5 Å². The van der Waals surface area contributed by atoms with Crippen molar-refractivity contribution >= 4 is 8.07 Å². The molecule has 0 spiro atoms. The maximum Gasteiger partial charge on any atom is 0.0443 e. The van der Waals surface area contributed by atoms with Crippen molar-refractivity contribution in [2.24, 2.45) is 5.11 Å². The number of azide groups is 1. The van der Waals surface area contributed by atoms with E-state index in [1.807, 2.05) is 0 Å². The molecule has 3 nitrogen and oxygen atoms in total. The minimum atomic E-state index is -0.959. The van der Waals surface area contributed by atoms with Crippen molar-refractivity contribution in [2.75, 3.05) is 6.54 Å². The van der Waals surface area contributed by atoms with Crippen LogP contribution in [0.3, 0.4) is 0 Å². The van der Waals surface area contributed by atoms with Crippen LogP contribution in [0, 0.1) is 0 Å². The molecular weight excluding hydrogens is 130 g/mol. The lowest BCUT2D eigenvalue weighted by molar-refractivity contribution is 1.07. The normalized spacial score (nSPS) is 10.6. The summed E-state index contributed by atoms with van der Waals surface area (Å²) >= 11 is 0. The summed E-state index contributed by atoms with van der Waals surface area (Å²) in [4.78, 5) is 2.69. The van der Waals surface area contributed by atoms with Gasteiger partial charge in [0.1, 0.15) is 0 Å². The molecule has 0 aromatic heterocycles. The first kappa shape index (κ1) is 8.53. The molecule has 0 N–H and O–H groups in total. The van der Waals surface area contributed by atoms with E-state index in [9.17, 15) is 0 Å². The van der Waals surface area contributed by atoms with Gasteiger partial charge in [-0.3, -0.25) is 0 Å². The second-order valence-electron chi connectivity index (χ2n) is 3.27. The molecule has 0 atom stereocenters. The summed E-state index contributed by atoms with van der Waals surface area (Å²) in [6.45, 7) is 7.46. The van der Waals surface area contributed by atoms with E-state index in [-0.39, 0.29) is 0 Å². The highest BCUT2D eigenvalue weighted by Gasteiger charge is 2.10. The smallest absolute Gasteiger partial charge is 0.0443 e. The Morgan fingerprint density at radius 3 is 2.33 bits per heavy atom. The molecule has 0 saturated heterocycles. The Morgan fingerprint density at radius 2 is 2.00 bits per heavy atom. The van der Waals surface area contributed by atoms with Gasteiger partial charge in [0.2, 0.25) is 0 Å². The predicted octanol–water partition coefficient (Wildman–Crippen LogP) is 2.63. The molecular formula is C5H13N3Si. The largest absolute Gasteiger partial charge is 0.0943 e. The van der Waals surface area contributed by atoms with Gasteiger partial charge >= 0.3 is 0 Å². The lowest BCUT2D eigenvalue weighted by Gasteiger charge is -2.12. The van der Waals surface area contributed by atoms with Gasteiger partial charge in [-0.05, 0) is 5.53 Å². The SMILES string of the molecule is C[Si](C)(C)CCN=[N+]=[N-]. The van der Waals surface area contributed by atoms with Crippen LogP contribution in [0.5, 0.6) is 0 Å². The van der Waals surface area contributed by atoms with E-state index in [1.54, 1.807) is 0 Å². The fourth-order valence-corrected chi connectivity index (χ4v) is 1.20. The highest BCUT2D eigenvalue weighted by molar-refractivity contribution is 6.76. The number of hydrogen-bond acceptors (Lipinski definition) is 1. The molecule has 0 aliphatic carbocycles. The first-order valence-electron chi connectivity index (χ1n) is 3.07. The van der Waals surface area contributed by atoms with Crippen LogP contribution >= 0.6 is 0 Å². The maximum atomic E-state index is 7.94. The Morgan fingerprint density at radius 1 is 1.44 bits per heavy atom. The molecule has 0 saturated carbocycles. The van der Waals surface area contributed by atoms with Crippen LogP contribution in [-0.2, 0) is 0 Å². The molecule has 0 bridgehead atoms. The standard InChI is InChI=1S/C5H13N3Si/c1-9(2,3)5-4-7-8-6/h4-5H2,1-3H3. The lowest BCUT2D eigenvalue weighted by atomic mass is 10.8. The summed E-state index contributed by atoms with van der Waals surface area (Å²) in [6, 6.07) is 1.09. The molecule has 0 aromatic rings. The molecule has 0 fully saturated rings. The van der Waals surface area contributed by atoms with Gasteiger partial charge in [-0.15, -0.1) is 0 Å². The highest BCUT2D eigenvalue weighted by atomic mass is 28.3. The Balaban J connectivity index is 3.39. The third kappa shape index (κ3) is 7.53. The zero-order valence-corrected chi connectivity index (χ0v) is 7.26. The van der Waals surface area contributed by atoms with Crippen LogP contribution in [0.15, 0.2) is 5.11 Å². The van der Waals surface area contributed by atoms with Gasteiger partial charge in [0.05, 0.1) is 0 Å². The molecule has 52 valence electrons. The third-order valence-electron chi connectivity index (χ3n) is 1.03. The van der Waals surface area contributed by atoms with Gasteiger partial charge in [0.15, 0.2) is 0 Å². The van der Waals surface area contributed by atoms with Crippen LogP contribution in [-0.4, -0.2) is 14.6 Å². The Labute approximate surface area is 56.7 Å². The summed E-state index contributed by atoms with van der Waals surface area (Å²) in [5.41, 5.74) is 7.94. The van der Waals surface area contributed by atoms with Crippen LogP contribution < -0.4 is 0 Å². The second kappa shape index (κ2) is 3.53. The summed E-state index contributed by atoms with van der Waals surface area (Å²) in [6.07, 6.45) is 0. The first-order valence-corrected chi connectivity index (χ1v) is 6.78. The fourth-order valence-electron chi connectivity index (χ4n) is 0.430. The predicted molar refractivity (Wildman–Crippen MR) is 42.2 cm³/mol. The van der Waals surface area contributed by atoms with E-state index < -0.39 is 8.07 Å². The van der Waals surface area contributed by atoms with E-state index in [2.05, 4.69) is 29.7 Å². The fraction of sp³-hybridized carbons (Fsp3) is 1.00. The minimum Gasteiger partial charge on any atom is -0.0943 e. The molecule has 0 aliphatic rings. The monoisotopic (exact) mass is 143 g/mol. The number of rotatable bonds is 3. The Kier molecular flexibility index (Phi) is 3.35. The van der Waals surface area contributed by atoms with Crippen molar-refractivity contribution in [3.8, 4) is 0 Å². The zero-order chi connectivity index (χ0) is 7.33. The van der Waals surface area contributed by atoms with Crippen LogP contribution in [0.25, 0.3) is 10.4 Å². The zero-order valence-electron chi connectivity index (χ0n) is 6.26. The lowest BCUT2D eigenvalue weighted by Crippen LogP contribution is -2.19. The summed E-state index contributed by atoms with van der Waals surface area (Å²) in [5, 5.41) is 3.47. The van der Waals surface area contributed by atoms with Crippen molar-refractivity contribution in [1.29, 1.82) is 0 Å². The molecule has 4 heteroatoms. The van der Waals surface area contributed by atoms with Gasteiger partial charge in [0.25, 0.3) is 0 Å². The topological polar surface area (TPSA) is 48.8 Å². The van der Waals surface area contributed by atoms with Crippen molar-refractivity contribution < 1.29 is 0 Å². The van der Waals surface area contributed by atoms with Crippen molar-refractivity contribution in [2.45, 2.75) is 25.7 Å². The maximum absolute atomic E-state index is 7.94. The molecule has 0 unspecified atom stereocenters. The van der Waals surface area contributed by atoms with E-state index >= 15 is 0 Å². The first-order chi connectivity index (χ1) is 4.06. The molecule has 0 heterocycles. The van der Waals surface area contributed by atoms with E-state index in [0.29, 0.717) is 6.54 Å². The van der Waals surface area contributed by atoms with Crippen molar-refractivity contribution in [3.05, 3.63) is 10.4 Å². The Bertz CT molecular complexity index is 121. The summed E-state index contributed by atoms with van der Waals surface area (Å²) < 4.78 is 0. The second-order valence-corrected chi connectivity index (χ2v) is 8.89.